The van der Waals surface area contributed by atoms with Crippen LogP contribution in [-0.2, 0) is 0 Å². The molecule has 6 atom stereocenters. The maximum Gasteiger partial charge on any atom is 0.392 e. The molecule has 0 N–H and O–H groups in total. The molecule has 0 radical (unpaired) electrons. The monoisotopic (exact) mass is 330 g/mol. The molecule has 9 heteroatoms. The van der Waals surface area contributed by atoms with Crippen molar-refractivity contribution in [2.24, 2.45) is 35.5 Å². The lowest BCUT2D eigenvalue weighted by Crippen LogP contribution is -2.57. The molecule has 1 saturated carbocycles. The van der Waals surface area contributed by atoms with Crippen LogP contribution in [0.5, 0.6) is 0 Å². The fraction of sp³-hybridized carbons (Fsp3) is 1.00. The molecule has 0 aromatic heterocycles. The summed E-state index contributed by atoms with van der Waals surface area (Å²) in [6.45, 7) is 2.36. The number of hydrogen-bond donors (Lipinski definition) is 0. The molecule has 0 heterocycles. The smallest absolute Gasteiger partial charge is 0.171 e. The number of alkyl halides is 9. The quantitative estimate of drug-likeness (QED) is 0.519. The van der Waals surface area contributed by atoms with Gasteiger partial charge in [0.25, 0.3) is 0 Å². The summed E-state index contributed by atoms with van der Waals surface area (Å²) in [5, 5.41) is 0. The summed E-state index contributed by atoms with van der Waals surface area (Å²) in [7, 11) is 0. The van der Waals surface area contributed by atoms with Crippen LogP contribution in [0.25, 0.3) is 0 Å². The van der Waals surface area contributed by atoms with Crippen LogP contribution in [0, 0.1) is 35.5 Å². The van der Waals surface area contributed by atoms with Crippen molar-refractivity contribution >= 4 is 0 Å². The highest BCUT2D eigenvalue weighted by atomic mass is 19.4. The van der Waals surface area contributed by atoms with Gasteiger partial charge in [-0.05, 0) is 17.8 Å². The van der Waals surface area contributed by atoms with Crippen LogP contribution < -0.4 is 0 Å². The molecular weight excluding hydrogens is 315 g/mol. The second kappa shape index (κ2) is 5.22. The highest BCUT2D eigenvalue weighted by Gasteiger charge is 2.67. The van der Waals surface area contributed by atoms with Gasteiger partial charge in [-0.25, -0.2) is 0 Å². The van der Waals surface area contributed by atoms with E-state index in [9.17, 15) is 39.5 Å². The lowest BCUT2D eigenvalue weighted by Gasteiger charge is -2.50. The zero-order chi connectivity index (χ0) is 17.0. The van der Waals surface area contributed by atoms with Crippen LogP contribution in [0.15, 0.2) is 0 Å². The molecule has 1 rings (SSSR count). The Kier molecular flexibility index (Phi) is 4.58. The summed E-state index contributed by atoms with van der Waals surface area (Å²) in [6.07, 6.45) is -15.5. The van der Waals surface area contributed by atoms with E-state index in [4.69, 9.17) is 0 Å². The molecule has 21 heavy (non-hydrogen) atoms. The van der Waals surface area contributed by atoms with Gasteiger partial charge in [-0.15, -0.1) is 0 Å². The Morgan fingerprint density at radius 2 is 0.667 bits per heavy atom. The highest BCUT2D eigenvalue weighted by molar-refractivity contribution is 4.99. The second-order valence-electron chi connectivity index (χ2n) is 5.78. The first-order valence-electron chi connectivity index (χ1n) is 6.30. The maximum atomic E-state index is 13.0. The first-order chi connectivity index (χ1) is 9.10. The zero-order valence-electron chi connectivity index (χ0n) is 11.4. The summed E-state index contributed by atoms with van der Waals surface area (Å²) in [5.74, 6) is -13.7. The van der Waals surface area contributed by atoms with Gasteiger partial charge in [-0.2, -0.15) is 39.5 Å². The molecule has 0 aromatic rings. The van der Waals surface area contributed by atoms with E-state index in [1.165, 1.54) is 0 Å². The number of rotatable bonds is 0. The predicted octanol–water partition coefficient (Wildman–Crippen LogP) is 5.44. The first-order valence-corrected chi connectivity index (χ1v) is 6.30. The molecule has 1 fully saturated rings. The standard InChI is InChI=1S/C12H15F9/c1-4-5(2)8(11(16,17)18)9(12(19,20)21)6(3)7(4)10(13,14)15/h4-9H,1-3H3/t4-,5+,6?,7?,8?,9?/m1/s1. The molecule has 0 aromatic carbocycles. The Hall–Kier alpha value is -0.630. The summed E-state index contributed by atoms with van der Waals surface area (Å²) < 4.78 is 117. The van der Waals surface area contributed by atoms with Crippen LogP contribution in [0.2, 0.25) is 0 Å². The van der Waals surface area contributed by atoms with E-state index >= 15 is 0 Å². The molecule has 0 bridgehead atoms. The molecule has 126 valence electrons. The van der Waals surface area contributed by atoms with Crippen molar-refractivity contribution in [2.75, 3.05) is 0 Å². The van der Waals surface area contributed by atoms with Gasteiger partial charge in [-0.3, -0.25) is 0 Å². The van der Waals surface area contributed by atoms with E-state index in [1.54, 1.807) is 0 Å². The van der Waals surface area contributed by atoms with Gasteiger partial charge in [-0.1, -0.05) is 20.8 Å². The molecule has 0 saturated heterocycles. The van der Waals surface area contributed by atoms with Crippen molar-refractivity contribution in [3.05, 3.63) is 0 Å². The van der Waals surface area contributed by atoms with Gasteiger partial charge in [0.1, 0.15) is 0 Å². The number of hydrogen-bond acceptors (Lipinski definition) is 0. The van der Waals surface area contributed by atoms with Crippen LogP contribution in [0.1, 0.15) is 20.8 Å². The van der Waals surface area contributed by atoms with Crippen molar-refractivity contribution < 1.29 is 39.5 Å². The Morgan fingerprint density at radius 3 is 0.952 bits per heavy atom. The predicted molar refractivity (Wildman–Crippen MR) is 56.1 cm³/mol. The third-order valence-electron chi connectivity index (χ3n) is 4.62. The van der Waals surface area contributed by atoms with Gasteiger partial charge in [0.2, 0.25) is 0 Å². The minimum atomic E-state index is -5.34. The Labute approximate surface area is 115 Å². The van der Waals surface area contributed by atoms with E-state index in [2.05, 4.69) is 0 Å². The SMILES string of the molecule is CC1C(C(F)(F)F)C(C(F)(F)F)[C@@H](C)[C@@H](C)C1C(F)(F)F. The van der Waals surface area contributed by atoms with Gasteiger partial charge in [0.15, 0.2) is 0 Å². The van der Waals surface area contributed by atoms with Crippen molar-refractivity contribution in [3.8, 4) is 0 Å². The van der Waals surface area contributed by atoms with Crippen LogP contribution in [-0.4, -0.2) is 18.5 Å². The lowest BCUT2D eigenvalue weighted by molar-refractivity contribution is -0.321. The Bertz CT molecular complexity index is 364. The zero-order valence-corrected chi connectivity index (χ0v) is 11.4. The average molecular weight is 330 g/mol. The van der Waals surface area contributed by atoms with Gasteiger partial charge in [0, 0.05) is 0 Å². The molecule has 0 aliphatic heterocycles. The fourth-order valence-corrected chi connectivity index (χ4v) is 3.61. The minimum absolute atomic E-state index is 0.609. The number of halogens is 9. The van der Waals surface area contributed by atoms with Crippen molar-refractivity contribution in [1.82, 2.24) is 0 Å². The van der Waals surface area contributed by atoms with Gasteiger partial charge in [0.05, 0.1) is 17.8 Å². The van der Waals surface area contributed by atoms with E-state index < -0.39 is 54.0 Å². The maximum absolute atomic E-state index is 13.0. The summed E-state index contributed by atoms with van der Waals surface area (Å²) >= 11 is 0. The molecule has 0 nitrogen and oxygen atoms in total. The van der Waals surface area contributed by atoms with Crippen molar-refractivity contribution in [3.63, 3.8) is 0 Å². The Balaban J connectivity index is 3.39. The van der Waals surface area contributed by atoms with Crippen molar-refractivity contribution in [2.45, 2.75) is 39.3 Å². The molecule has 4 unspecified atom stereocenters. The fourth-order valence-electron chi connectivity index (χ4n) is 3.61. The van der Waals surface area contributed by atoms with Gasteiger partial charge < -0.3 is 0 Å². The molecule has 1 aliphatic rings. The minimum Gasteiger partial charge on any atom is -0.171 e. The van der Waals surface area contributed by atoms with E-state index in [-0.39, 0.29) is 0 Å². The summed E-state index contributed by atoms with van der Waals surface area (Å²) in [4.78, 5) is 0. The largest absolute Gasteiger partial charge is 0.392 e. The Morgan fingerprint density at radius 1 is 0.429 bits per heavy atom. The van der Waals surface area contributed by atoms with E-state index in [1.807, 2.05) is 0 Å². The lowest BCUT2D eigenvalue weighted by atomic mass is 9.57. The van der Waals surface area contributed by atoms with Crippen LogP contribution in [0.3, 0.4) is 0 Å². The van der Waals surface area contributed by atoms with Crippen LogP contribution in [0.4, 0.5) is 39.5 Å². The second-order valence-corrected chi connectivity index (χ2v) is 5.78. The third-order valence-corrected chi connectivity index (χ3v) is 4.62. The molecule has 0 amide bonds. The van der Waals surface area contributed by atoms with Crippen LogP contribution >= 0.6 is 0 Å². The summed E-state index contributed by atoms with van der Waals surface area (Å²) in [5.41, 5.74) is 0. The average Bonchev–Trinajstić information content (AvgIpc) is 2.17. The van der Waals surface area contributed by atoms with E-state index in [0.717, 1.165) is 13.8 Å². The molecule has 1 aliphatic carbocycles. The van der Waals surface area contributed by atoms with E-state index in [0.29, 0.717) is 6.92 Å². The molecular formula is C12H15F9. The summed E-state index contributed by atoms with van der Waals surface area (Å²) in [6, 6.07) is 0. The topological polar surface area (TPSA) is 0 Å². The third kappa shape index (κ3) is 3.41. The normalized spacial score (nSPS) is 39.4. The molecule has 0 spiro atoms. The highest BCUT2D eigenvalue weighted by Crippen LogP contribution is 2.59. The van der Waals surface area contributed by atoms with Gasteiger partial charge >= 0.3 is 18.5 Å². The van der Waals surface area contributed by atoms with Crippen molar-refractivity contribution in [1.29, 1.82) is 0 Å². The first kappa shape index (κ1) is 18.4.